The Balaban J connectivity index is 1.30. The number of carbonyl (C=O) groups excluding carboxylic acids is 1. The van der Waals surface area contributed by atoms with Gasteiger partial charge in [0.25, 0.3) is 5.91 Å². The number of hydrogen-bond acceptors (Lipinski definition) is 5. The molecule has 1 N–H and O–H groups in total. The molecular weight excluding hydrogens is 402 g/mol. The number of ether oxygens (including phenoxy) is 3. The van der Waals surface area contributed by atoms with Crippen LogP contribution in [0.5, 0.6) is 11.5 Å². The number of benzene rings is 2. The van der Waals surface area contributed by atoms with E-state index in [9.17, 15) is 9.00 Å². The Kier molecular flexibility index (Phi) is 5.31. The Morgan fingerprint density at radius 3 is 2.53 bits per heavy atom. The lowest BCUT2D eigenvalue weighted by Crippen LogP contribution is -2.26. The van der Waals surface area contributed by atoms with Crippen molar-refractivity contribution in [1.29, 1.82) is 0 Å². The fourth-order valence-corrected chi connectivity index (χ4v) is 5.11. The van der Waals surface area contributed by atoms with Gasteiger partial charge in [-0.1, -0.05) is 24.3 Å². The predicted octanol–water partition coefficient (Wildman–Crippen LogP) is 3.45. The fourth-order valence-electron chi connectivity index (χ4n) is 4.19. The molecule has 2 heterocycles. The van der Waals surface area contributed by atoms with Gasteiger partial charge in [0.05, 0.1) is 18.1 Å². The third-order valence-corrected chi connectivity index (χ3v) is 6.85. The molecule has 2 aromatic rings. The van der Waals surface area contributed by atoms with Crippen molar-refractivity contribution in [2.75, 3.05) is 13.2 Å². The Morgan fingerprint density at radius 2 is 1.80 bits per heavy atom. The lowest BCUT2D eigenvalue weighted by molar-refractivity contribution is -0.114. The number of amides is 1. The smallest absolute Gasteiger partial charge is 0.257 e. The molecule has 6 nitrogen and oxygen atoms in total. The molecule has 5 rings (SSSR count). The van der Waals surface area contributed by atoms with Crippen molar-refractivity contribution in [1.82, 2.24) is 4.72 Å². The molecule has 30 heavy (non-hydrogen) atoms. The molecule has 2 aliphatic heterocycles. The van der Waals surface area contributed by atoms with Gasteiger partial charge in [-0.25, -0.2) is 4.21 Å². The minimum Gasteiger partial charge on any atom is -0.490 e. The van der Waals surface area contributed by atoms with E-state index in [1.165, 1.54) is 17.2 Å². The van der Waals surface area contributed by atoms with Crippen molar-refractivity contribution < 1.29 is 23.2 Å². The molecule has 1 amide bonds. The van der Waals surface area contributed by atoms with Crippen LogP contribution in [0.25, 0.3) is 4.91 Å². The highest BCUT2D eigenvalue weighted by Crippen LogP contribution is 2.40. The molecule has 0 saturated carbocycles. The third-order valence-electron chi connectivity index (χ3n) is 5.71. The van der Waals surface area contributed by atoms with Gasteiger partial charge in [0.1, 0.15) is 23.7 Å². The lowest BCUT2D eigenvalue weighted by atomic mass is 10.1. The highest BCUT2D eigenvalue weighted by molar-refractivity contribution is 7.93. The summed E-state index contributed by atoms with van der Waals surface area (Å²) in [6.07, 6.45) is 5.26. The van der Waals surface area contributed by atoms with Gasteiger partial charge in [-0.15, -0.1) is 0 Å². The quantitative estimate of drug-likeness (QED) is 0.794. The molecule has 7 heteroatoms. The van der Waals surface area contributed by atoms with Crippen molar-refractivity contribution in [3.05, 3.63) is 65.2 Å². The van der Waals surface area contributed by atoms with E-state index in [0.29, 0.717) is 4.91 Å². The van der Waals surface area contributed by atoms with Crippen LogP contribution in [0.4, 0.5) is 0 Å². The van der Waals surface area contributed by atoms with Gasteiger partial charge in [-0.3, -0.25) is 9.52 Å². The SMILES string of the molecule is O=C1C=C(c2ccc(OC3CCc4c(OC5CCOCC5)cccc43)cc2)S(=O)N1. The zero-order chi connectivity index (χ0) is 20.5. The van der Waals surface area contributed by atoms with Gasteiger partial charge in [0.15, 0.2) is 11.0 Å². The maximum absolute atomic E-state index is 11.9. The Labute approximate surface area is 177 Å². The number of fused-ring (bicyclic) bond motifs is 1. The van der Waals surface area contributed by atoms with Crippen LogP contribution in [-0.2, 0) is 26.9 Å². The van der Waals surface area contributed by atoms with Gasteiger partial charge in [-0.2, -0.15) is 0 Å². The predicted molar refractivity (Wildman–Crippen MR) is 113 cm³/mol. The van der Waals surface area contributed by atoms with Crippen LogP contribution in [0.1, 0.15) is 42.1 Å². The number of carbonyl (C=O) groups is 1. The van der Waals surface area contributed by atoms with E-state index in [4.69, 9.17) is 14.2 Å². The minimum absolute atomic E-state index is 0.0211. The van der Waals surface area contributed by atoms with E-state index in [-0.39, 0.29) is 18.1 Å². The van der Waals surface area contributed by atoms with E-state index in [1.807, 2.05) is 30.3 Å². The average Bonchev–Trinajstić information content (AvgIpc) is 3.32. The highest BCUT2D eigenvalue weighted by atomic mass is 32.2. The molecular formula is C23H23NO5S. The van der Waals surface area contributed by atoms with Gasteiger partial charge in [0.2, 0.25) is 0 Å². The molecule has 2 unspecified atom stereocenters. The second-order valence-electron chi connectivity index (χ2n) is 7.67. The van der Waals surface area contributed by atoms with Crippen LogP contribution in [0, 0.1) is 0 Å². The number of hydrogen-bond donors (Lipinski definition) is 1. The van der Waals surface area contributed by atoms with Gasteiger partial charge in [-0.05, 0) is 42.2 Å². The molecule has 0 bridgehead atoms. The fraction of sp³-hybridized carbons (Fsp3) is 0.348. The number of rotatable bonds is 5. The summed E-state index contributed by atoms with van der Waals surface area (Å²) >= 11 is 0. The molecule has 0 aromatic heterocycles. The summed E-state index contributed by atoms with van der Waals surface area (Å²) in [6, 6.07) is 13.6. The second-order valence-corrected chi connectivity index (χ2v) is 8.85. The van der Waals surface area contributed by atoms with Gasteiger partial charge in [0, 0.05) is 24.5 Å². The van der Waals surface area contributed by atoms with Gasteiger partial charge < -0.3 is 14.2 Å². The van der Waals surface area contributed by atoms with Crippen LogP contribution in [-0.4, -0.2) is 29.4 Å². The Morgan fingerprint density at radius 1 is 1.00 bits per heavy atom. The summed E-state index contributed by atoms with van der Waals surface area (Å²) in [7, 11) is -1.49. The summed E-state index contributed by atoms with van der Waals surface area (Å²) in [5, 5.41) is 0. The third kappa shape index (κ3) is 3.87. The zero-order valence-corrected chi connectivity index (χ0v) is 17.3. The van der Waals surface area contributed by atoms with E-state index in [0.717, 1.165) is 56.0 Å². The molecule has 3 aliphatic rings. The normalized spacial score (nSPS) is 23.6. The molecule has 1 saturated heterocycles. The van der Waals surface area contributed by atoms with Gasteiger partial charge >= 0.3 is 0 Å². The van der Waals surface area contributed by atoms with Crippen LogP contribution in [0.2, 0.25) is 0 Å². The monoisotopic (exact) mass is 425 g/mol. The summed E-state index contributed by atoms with van der Waals surface area (Å²) < 4.78 is 32.3. The van der Waals surface area contributed by atoms with Crippen LogP contribution in [0.3, 0.4) is 0 Å². The first-order chi connectivity index (χ1) is 14.7. The second kappa shape index (κ2) is 8.24. The van der Waals surface area contributed by atoms with E-state index in [2.05, 4.69) is 16.9 Å². The Hall–Kier alpha value is -2.64. The average molecular weight is 426 g/mol. The van der Waals surface area contributed by atoms with Crippen molar-refractivity contribution in [2.24, 2.45) is 0 Å². The maximum Gasteiger partial charge on any atom is 0.257 e. The summed E-state index contributed by atoms with van der Waals surface area (Å²) in [5.41, 5.74) is 3.16. The first kappa shape index (κ1) is 19.3. The van der Waals surface area contributed by atoms with Crippen molar-refractivity contribution in [3.8, 4) is 11.5 Å². The van der Waals surface area contributed by atoms with Crippen molar-refractivity contribution in [3.63, 3.8) is 0 Å². The molecule has 2 atom stereocenters. The van der Waals surface area contributed by atoms with E-state index >= 15 is 0 Å². The topological polar surface area (TPSA) is 73.9 Å². The van der Waals surface area contributed by atoms with Crippen LogP contribution < -0.4 is 14.2 Å². The first-order valence-electron chi connectivity index (χ1n) is 10.2. The molecule has 1 fully saturated rings. The first-order valence-corrected chi connectivity index (χ1v) is 11.4. The summed E-state index contributed by atoms with van der Waals surface area (Å²) in [4.78, 5) is 11.9. The lowest BCUT2D eigenvalue weighted by Gasteiger charge is -2.24. The number of nitrogens with one attached hydrogen (secondary N) is 1. The van der Waals surface area contributed by atoms with Crippen LogP contribution >= 0.6 is 0 Å². The summed E-state index contributed by atoms with van der Waals surface area (Å²) in [5.74, 6) is 1.38. The Bertz CT molecular complexity index is 1010. The largest absolute Gasteiger partial charge is 0.490 e. The maximum atomic E-state index is 11.9. The van der Waals surface area contributed by atoms with E-state index in [1.54, 1.807) is 0 Å². The molecule has 0 spiro atoms. The molecule has 1 aliphatic carbocycles. The molecule has 0 radical (unpaired) electrons. The van der Waals surface area contributed by atoms with E-state index < -0.39 is 11.0 Å². The summed E-state index contributed by atoms with van der Waals surface area (Å²) in [6.45, 7) is 1.52. The molecule has 156 valence electrons. The van der Waals surface area contributed by atoms with Crippen molar-refractivity contribution in [2.45, 2.75) is 37.9 Å². The van der Waals surface area contributed by atoms with Crippen molar-refractivity contribution >= 4 is 21.8 Å². The molecule has 2 aromatic carbocycles. The zero-order valence-electron chi connectivity index (χ0n) is 16.5. The standard InChI is InChI=1S/C23H23NO5S/c25-23-14-22(30(26)24-23)15-4-6-16(7-5-15)28-21-9-8-19-18(21)2-1-3-20(19)29-17-10-12-27-13-11-17/h1-7,14,17,21H,8-13H2,(H,24,25). The minimum atomic E-state index is -1.49. The van der Waals surface area contributed by atoms with Crippen LogP contribution in [0.15, 0.2) is 48.5 Å². The highest BCUT2D eigenvalue weighted by Gasteiger charge is 2.28.